The number of carbonyl (C=O) groups excluding carboxylic acids is 3. The first-order valence-electron chi connectivity index (χ1n) is 18.6. The highest BCUT2D eigenvalue weighted by Crippen LogP contribution is 2.45. The number of fused-ring (bicyclic) bond motifs is 3. The van der Waals surface area contributed by atoms with E-state index in [-0.39, 0.29) is 31.2 Å². The van der Waals surface area contributed by atoms with Gasteiger partial charge in [-0.2, -0.15) is 0 Å². The Hall–Kier alpha value is -5.77. The Morgan fingerprint density at radius 2 is 1.49 bits per heavy atom. The third kappa shape index (κ3) is 8.96. The number of esters is 1. The fraction of sp³-hybridized carbons (Fsp3) is 0.311. The van der Waals surface area contributed by atoms with E-state index in [0.717, 1.165) is 46.0 Å². The molecule has 1 N–H and O–H groups in total. The summed E-state index contributed by atoms with van der Waals surface area (Å²) in [6.07, 6.45) is 0.449. The van der Waals surface area contributed by atoms with Crippen LogP contribution in [0.15, 0.2) is 109 Å². The fourth-order valence-electron chi connectivity index (χ4n) is 7.60. The van der Waals surface area contributed by atoms with Gasteiger partial charge in [-0.3, -0.25) is 9.59 Å². The SMILES string of the molecule is CC(=O)OC(C)C(=O)N(CCCNC(=O)OCC1c2ccccc2-c2ccccc21)[C@@H](c1cc(-c2cc(F)ccc2F)cn1Cc1ccccc1)C(C)(C)C. The molecule has 0 radical (unpaired) electrons. The third-order valence-corrected chi connectivity index (χ3v) is 9.94. The zero-order chi connectivity index (χ0) is 39.3. The van der Waals surface area contributed by atoms with Crippen molar-refractivity contribution in [2.45, 2.75) is 65.6 Å². The van der Waals surface area contributed by atoms with Crippen molar-refractivity contribution < 1.29 is 32.6 Å². The lowest BCUT2D eigenvalue weighted by atomic mass is 9.82. The second kappa shape index (κ2) is 16.7. The van der Waals surface area contributed by atoms with Crippen LogP contribution in [0.5, 0.6) is 0 Å². The number of hydrogen-bond acceptors (Lipinski definition) is 5. The van der Waals surface area contributed by atoms with Crippen LogP contribution in [0.4, 0.5) is 13.6 Å². The molecule has 6 rings (SSSR count). The number of benzene rings is 4. The highest BCUT2D eigenvalue weighted by Gasteiger charge is 2.39. The zero-order valence-electron chi connectivity index (χ0n) is 31.9. The molecule has 0 bridgehead atoms. The molecule has 1 aliphatic carbocycles. The van der Waals surface area contributed by atoms with Crippen LogP contribution in [0.1, 0.15) is 75.4 Å². The number of nitrogens with one attached hydrogen (secondary N) is 1. The zero-order valence-corrected chi connectivity index (χ0v) is 31.9. The van der Waals surface area contributed by atoms with Gasteiger partial charge in [0, 0.05) is 55.5 Å². The smallest absolute Gasteiger partial charge is 0.407 e. The average Bonchev–Trinajstić information content (AvgIpc) is 3.70. The lowest BCUT2D eigenvalue weighted by Crippen LogP contribution is -2.47. The van der Waals surface area contributed by atoms with Crippen molar-refractivity contribution in [1.29, 1.82) is 0 Å². The molecular weight excluding hydrogens is 701 g/mol. The maximum Gasteiger partial charge on any atom is 0.407 e. The molecule has 1 unspecified atom stereocenters. The summed E-state index contributed by atoms with van der Waals surface area (Å²) in [5, 5.41) is 2.84. The molecule has 4 aromatic carbocycles. The summed E-state index contributed by atoms with van der Waals surface area (Å²) >= 11 is 0. The van der Waals surface area contributed by atoms with Crippen molar-refractivity contribution >= 4 is 18.0 Å². The number of ether oxygens (including phenoxy) is 2. The molecular formula is C45H47F2N3O5. The number of carbonyl (C=O) groups is 3. The lowest BCUT2D eigenvalue weighted by molar-refractivity contribution is -0.160. The molecule has 55 heavy (non-hydrogen) atoms. The van der Waals surface area contributed by atoms with Gasteiger partial charge in [-0.05, 0) is 70.8 Å². The molecule has 0 spiro atoms. The molecule has 2 atom stereocenters. The average molecular weight is 748 g/mol. The molecule has 1 heterocycles. The van der Waals surface area contributed by atoms with Gasteiger partial charge in [0.25, 0.3) is 5.91 Å². The van der Waals surface area contributed by atoms with Crippen LogP contribution in [-0.4, -0.2) is 53.2 Å². The molecule has 0 fully saturated rings. The monoisotopic (exact) mass is 747 g/mol. The quantitative estimate of drug-likeness (QED) is 0.0959. The van der Waals surface area contributed by atoms with E-state index in [9.17, 15) is 18.8 Å². The van der Waals surface area contributed by atoms with Gasteiger partial charge < -0.3 is 24.3 Å². The molecule has 5 aromatic rings. The van der Waals surface area contributed by atoms with E-state index in [1.807, 2.05) is 79.9 Å². The van der Waals surface area contributed by atoms with E-state index in [1.165, 1.54) is 13.8 Å². The van der Waals surface area contributed by atoms with Crippen molar-refractivity contribution in [3.05, 3.63) is 143 Å². The number of hydrogen-bond donors (Lipinski definition) is 1. The highest BCUT2D eigenvalue weighted by molar-refractivity contribution is 5.84. The summed E-state index contributed by atoms with van der Waals surface area (Å²) < 4.78 is 42.7. The van der Waals surface area contributed by atoms with E-state index >= 15 is 4.39 Å². The summed E-state index contributed by atoms with van der Waals surface area (Å²) in [6, 6.07) is 30.4. The summed E-state index contributed by atoms with van der Waals surface area (Å²) in [5.74, 6) is -2.26. The number of alkyl carbamates (subject to hydrolysis) is 1. The lowest BCUT2D eigenvalue weighted by Gasteiger charge is -2.42. The van der Waals surface area contributed by atoms with Crippen LogP contribution in [0.25, 0.3) is 22.3 Å². The van der Waals surface area contributed by atoms with Crippen molar-refractivity contribution in [2.24, 2.45) is 5.41 Å². The first-order chi connectivity index (χ1) is 26.3. The minimum atomic E-state index is -1.10. The van der Waals surface area contributed by atoms with Crippen LogP contribution in [-0.2, 0) is 25.6 Å². The van der Waals surface area contributed by atoms with Crippen molar-refractivity contribution in [3.63, 3.8) is 0 Å². The Balaban J connectivity index is 1.24. The minimum Gasteiger partial charge on any atom is -0.453 e. The van der Waals surface area contributed by atoms with Gasteiger partial charge in [-0.15, -0.1) is 0 Å². The molecule has 1 aromatic heterocycles. The van der Waals surface area contributed by atoms with Crippen molar-refractivity contribution in [3.8, 4) is 22.3 Å². The predicted molar refractivity (Wildman–Crippen MR) is 208 cm³/mol. The van der Waals surface area contributed by atoms with Crippen LogP contribution >= 0.6 is 0 Å². The minimum absolute atomic E-state index is 0.0838. The first-order valence-corrected chi connectivity index (χ1v) is 18.6. The fourth-order valence-corrected chi connectivity index (χ4v) is 7.60. The Morgan fingerprint density at radius 3 is 2.13 bits per heavy atom. The number of nitrogens with zero attached hydrogens (tertiary/aromatic N) is 2. The summed E-state index contributed by atoms with van der Waals surface area (Å²) in [4.78, 5) is 41.0. The van der Waals surface area contributed by atoms with Crippen molar-refractivity contribution in [1.82, 2.24) is 14.8 Å². The maximum atomic E-state index is 15.2. The predicted octanol–water partition coefficient (Wildman–Crippen LogP) is 9.28. The van der Waals surface area contributed by atoms with Crippen LogP contribution < -0.4 is 5.32 Å². The Labute approximate surface area is 321 Å². The Morgan fingerprint density at radius 1 is 0.855 bits per heavy atom. The van der Waals surface area contributed by atoms with E-state index in [4.69, 9.17) is 9.47 Å². The number of aromatic nitrogens is 1. The molecule has 1 aliphatic rings. The maximum absolute atomic E-state index is 15.2. The Bertz CT molecular complexity index is 2110. The number of amides is 2. The molecule has 8 nitrogen and oxygen atoms in total. The molecule has 2 amide bonds. The van der Waals surface area contributed by atoms with Gasteiger partial charge in [0.1, 0.15) is 18.2 Å². The summed E-state index contributed by atoms with van der Waals surface area (Å²) in [7, 11) is 0. The van der Waals surface area contributed by atoms with E-state index in [0.29, 0.717) is 24.2 Å². The summed E-state index contributed by atoms with van der Waals surface area (Å²) in [6.45, 7) is 9.69. The van der Waals surface area contributed by atoms with Gasteiger partial charge >= 0.3 is 12.1 Å². The van der Waals surface area contributed by atoms with Crippen LogP contribution in [0.3, 0.4) is 0 Å². The topological polar surface area (TPSA) is 89.9 Å². The number of rotatable bonds is 13. The largest absolute Gasteiger partial charge is 0.453 e. The standard InChI is InChI=1S/C45H47F2N3O5/c1-29(55-30(2)51)43(52)50(23-13-22-48-44(53)54-28-39-36-18-11-9-16-34(36)35-17-10-12-19-37(35)39)42(45(3,4)5)41-24-32(38-25-33(46)20-21-40(38)47)27-49(41)26-31-14-7-6-8-15-31/h6-12,14-21,24-25,27,29,39,42H,13,22-23,26,28H2,1-5H3,(H,48,53)/t29?,42-/m0/s1. The van der Waals surface area contributed by atoms with Gasteiger partial charge in [0.2, 0.25) is 0 Å². The van der Waals surface area contributed by atoms with E-state index in [1.54, 1.807) is 17.2 Å². The normalized spacial score (nSPS) is 13.4. The van der Waals surface area contributed by atoms with E-state index < -0.39 is 47.2 Å². The van der Waals surface area contributed by atoms with Crippen LogP contribution in [0.2, 0.25) is 0 Å². The van der Waals surface area contributed by atoms with Crippen LogP contribution in [0, 0.1) is 17.0 Å². The van der Waals surface area contributed by atoms with E-state index in [2.05, 4.69) is 29.6 Å². The Kier molecular flexibility index (Phi) is 11.8. The highest BCUT2D eigenvalue weighted by atomic mass is 19.1. The molecule has 286 valence electrons. The molecule has 0 aliphatic heterocycles. The van der Waals surface area contributed by atoms with Gasteiger partial charge in [-0.1, -0.05) is 99.6 Å². The summed E-state index contributed by atoms with van der Waals surface area (Å²) in [5.41, 5.74) is 6.10. The van der Waals surface area contributed by atoms with Gasteiger partial charge in [0.05, 0.1) is 6.04 Å². The molecule has 10 heteroatoms. The molecule has 0 saturated carbocycles. The van der Waals surface area contributed by atoms with Crippen molar-refractivity contribution in [2.75, 3.05) is 19.7 Å². The first kappa shape index (κ1) is 38.9. The van der Waals surface area contributed by atoms with Gasteiger partial charge in [0.15, 0.2) is 6.10 Å². The van der Waals surface area contributed by atoms with Gasteiger partial charge in [-0.25, -0.2) is 13.6 Å². The third-order valence-electron chi connectivity index (χ3n) is 9.94. The second-order valence-electron chi connectivity index (χ2n) is 15.0. The second-order valence-corrected chi connectivity index (χ2v) is 15.0. The number of halogens is 2. The molecule has 0 saturated heterocycles.